The SMILES string of the molecule is CC(C)OC(=O)C1=CN(C(=O)c2cccc(CNC3CCNCC3)c2)CC(C)(C)c2c1[nH]c1ccccc21.Cl.Cl. The van der Waals surface area contributed by atoms with Crippen molar-refractivity contribution < 1.29 is 14.3 Å². The third kappa shape index (κ3) is 6.72. The summed E-state index contributed by atoms with van der Waals surface area (Å²) in [6.45, 7) is 11.1. The molecule has 40 heavy (non-hydrogen) atoms. The van der Waals surface area contributed by atoms with Gasteiger partial charge in [0.25, 0.3) is 5.91 Å². The van der Waals surface area contributed by atoms with E-state index in [4.69, 9.17) is 4.74 Å². The Morgan fingerprint density at radius 3 is 2.52 bits per heavy atom. The summed E-state index contributed by atoms with van der Waals surface area (Å²) in [6.07, 6.45) is 3.61. The van der Waals surface area contributed by atoms with E-state index in [0.29, 0.717) is 23.7 Å². The van der Waals surface area contributed by atoms with Crippen molar-refractivity contribution >= 4 is 53.2 Å². The first-order valence-corrected chi connectivity index (χ1v) is 13.6. The summed E-state index contributed by atoms with van der Waals surface area (Å²) in [5.74, 6) is -0.575. The lowest BCUT2D eigenvalue weighted by Gasteiger charge is -2.30. The van der Waals surface area contributed by atoms with E-state index in [1.807, 2.05) is 50.2 Å². The van der Waals surface area contributed by atoms with Gasteiger partial charge in [-0.25, -0.2) is 4.79 Å². The highest BCUT2D eigenvalue weighted by Gasteiger charge is 2.37. The Morgan fingerprint density at radius 1 is 1.07 bits per heavy atom. The quantitative estimate of drug-likeness (QED) is 0.328. The predicted octanol–water partition coefficient (Wildman–Crippen LogP) is 5.58. The molecule has 2 aliphatic rings. The molecule has 2 aliphatic heterocycles. The van der Waals surface area contributed by atoms with Crippen LogP contribution in [0.4, 0.5) is 0 Å². The van der Waals surface area contributed by atoms with Crippen LogP contribution in [0.3, 0.4) is 0 Å². The van der Waals surface area contributed by atoms with Gasteiger partial charge in [-0.15, -0.1) is 24.8 Å². The van der Waals surface area contributed by atoms with E-state index in [1.165, 1.54) is 0 Å². The van der Waals surface area contributed by atoms with Gasteiger partial charge in [0.15, 0.2) is 0 Å². The minimum Gasteiger partial charge on any atom is -0.459 e. The van der Waals surface area contributed by atoms with E-state index < -0.39 is 11.4 Å². The highest BCUT2D eigenvalue weighted by molar-refractivity contribution is 6.18. The topological polar surface area (TPSA) is 86.5 Å². The molecule has 7 nitrogen and oxygen atoms in total. The van der Waals surface area contributed by atoms with Crippen molar-refractivity contribution in [2.75, 3.05) is 19.6 Å². The maximum absolute atomic E-state index is 13.9. The van der Waals surface area contributed by atoms with Crippen LogP contribution in [0.15, 0.2) is 54.7 Å². The van der Waals surface area contributed by atoms with E-state index in [0.717, 1.165) is 60.2 Å². The molecule has 3 N–H and O–H groups in total. The van der Waals surface area contributed by atoms with Gasteiger partial charge in [0.1, 0.15) is 0 Å². The summed E-state index contributed by atoms with van der Waals surface area (Å²) in [6, 6.07) is 16.3. The van der Waals surface area contributed by atoms with E-state index in [2.05, 4.69) is 41.6 Å². The predicted molar refractivity (Wildman–Crippen MR) is 165 cm³/mol. The van der Waals surface area contributed by atoms with Gasteiger partial charge < -0.3 is 25.3 Å². The second-order valence-electron chi connectivity index (χ2n) is 11.3. The Balaban J connectivity index is 0.00000220. The van der Waals surface area contributed by atoms with E-state index in [9.17, 15) is 9.59 Å². The zero-order valence-electron chi connectivity index (χ0n) is 23.6. The molecule has 1 amide bonds. The Labute approximate surface area is 248 Å². The molecule has 1 fully saturated rings. The molecule has 9 heteroatoms. The lowest BCUT2D eigenvalue weighted by Crippen LogP contribution is -2.39. The van der Waals surface area contributed by atoms with Gasteiger partial charge in [-0.3, -0.25) is 4.79 Å². The number of hydrogen-bond acceptors (Lipinski definition) is 5. The minimum atomic E-state index is -0.441. The lowest BCUT2D eigenvalue weighted by molar-refractivity contribution is -0.140. The molecule has 0 saturated carbocycles. The third-order valence-electron chi connectivity index (χ3n) is 7.43. The maximum Gasteiger partial charge on any atom is 0.342 e. The van der Waals surface area contributed by atoms with Crippen LogP contribution in [0.25, 0.3) is 16.5 Å². The number of hydrogen-bond donors (Lipinski definition) is 3. The number of carbonyl (C=O) groups is 2. The maximum atomic E-state index is 13.9. The van der Waals surface area contributed by atoms with Crippen molar-refractivity contribution in [3.63, 3.8) is 0 Å². The van der Waals surface area contributed by atoms with Gasteiger partial charge in [0, 0.05) is 47.2 Å². The number of benzene rings is 2. The van der Waals surface area contributed by atoms with Crippen molar-refractivity contribution in [2.45, 2.75) is 64.6 Å². The number of aromatic amines is 1. The summed E-state index contributed by atoms with van der Waals surface area (Å²) in [5, 5.41) is 8.07. The average molecular weight is 588 g/mol. The molecule has 0 atom stereocenters. The van der Waals surface area contributed by atoms with Gasteiger partial charge in [-0.1, -0.05) is 44.2 Å². The molecular formula is C31H40Cl2N4O3. The first-order valence-electron chi connectivity index (χ1n) is 13.6. The summed E-state index contributed by atoms with van der Waals surface area (Å²) in [5.41, 5.74) is 4.33. The summed E-state index contributed by atoms with van der Waals surface area (Å²) < 4.78 is 5.63. The number of H-pyrrole nitrogens is 1. The van der Waals surface area contributed by atoms with Crippen LogP contribution < -0.4 is 10.6 Å². The largest absolute Gasteiger partial charge is 0.459 e. The fourth-order valence-electron chi connectivity index (χ4n) is 5.65. The Morgan fingerprint density at radius 2 is 1.80 bits per heavy atom. The fraction of sp³-hybridized carbons (Fsp3) is 0.419. The van der Waals surface area contributed by atoms with Crippen molar-refractivity contribution in [3.05, 3.63) is 77.1 Å². The number of ether oxygens (including phenoxy) is 1. The van der Waals surface area contributed by atoms with Crippen molar-refractivity contribution in [3.8, 4) is 0 Å². The van der Waals surface area contributed by atoms with Gasteiger partial charge in [0.05, 0.1) is 17.4 Å². The standard InChI is InChI=1S/C31H38N4O3.2ClH/c1-20(2)38-30(37)25-18-35(19-31(3,4)27-24-10-5-6-11-26(24)34-28(25)27)29(36)22-9-7-8-21(16-22)17-33-23-12-14-32-15-13-23;;/h5-11,16,18,20,23,32-34H,12-15,17,19H2,1-4H3;2*1H. The molecule has 0 aliphatic carbocycles. The second-order valence-corrected chi connectivity index (χ2v) is 11.3. The molecule has 5 rings (SSSR count). The van der Waals surface area contributed by atoms with Crippen molar-refractivity contribution in [1.82, 2.24) is 20.5 Å². The summed E-state index contributed by atoms with van der Waals surface area (Å²) >= 11 is 0. The molecule has 3 heterocycles. The minimum absolute atomic E-state index is 0. The normalized spacial score (nSPS) is 16.8. The Bertz CT molecular complexity index is 1380. The number of piperidine rings is 1. The van der Waals surface area contributed by atoms with Gasteiger partial charge in [0.2, 0.25) is 0 Å². The third-order valence-corrected chi connectivity index (χ3v) is 7.43. The molecule has 216 valence electrons. The van der Waals surface area contributed by atoms with Crippen molar-refractivity contribution in [1.29, 1.82) is 0 Å². The number of aromatic nitrogens is 1. The number of carbonyl (C=O) groups excluding carboxylic acids is 2. The van der Waals surface area contributed by atoms with E-state index in [-0.39, 0.29) is 36.8 Å². The number of nitrogens with zero attached hydrogens (tertiary/aromatic N) is 1. The number of rotatable bonds is 6. The van der Waals surface area contributed by atoms with E-state index in [1.54, 1.807) is 11.1 Å². The van der Waals surface area contributed by atoms with Crippen LogP contribution in [0.5, 0.6) is 0 Å². The number of esters is 1. The van der Waals surface area contributed by atoms with Gasteiger partial charge >= 0.3 is 5.97 Å². The molecule has 0 radical (unpaired) electrons. The van der Waals surface area contributed by atoms with Crippen LogP contribution in [0.2, 0.25) is 0 Å². The number of para-hydroxylation sites is 1. The highest BCUT2D eigenvalue weighted by Crippen LogP contribution is 2.40. The van der Waals surface area contributed by atoms with Crippen LogP contribution in [-0.2, 0) is 21.5 Å². The first kappa shape index (κ1) is 31.7. The first-order chi connectivity index (χ1) is 18.2. The molecule has 3 aromatic rings. The molecule has 1 aromatic heterocycles. The summed E-state index contributed by atoms with van der Waals surface area (Å²) in [7, 11) is 0. The monoisotopic (exact) mass is 586 g/mol. The molecule has 2 aromatic carbocycles. The Kier molecular flexibility index (Phi) is 10.5. The van der Waals surface area contributed by atoms with Crippen LogP contribution in [0, 0.1) is 0 Å². The number of fused-ring (bicyclic) bond motifs is 3. The Hall–Kier alpha value is -2.84. The van der Waals surface area contributed by atoms with Crippen LogP contribution >= 0.6 is 24.8 Å². The lowest BCUT2D eigenvalue weighted by atomic mass is 9.81. The number of amides is 1. The zero-order valence-corrected chi connectivity index (χ0v) is 25.2. The fourth-order valence-corrected chi connectivity index (χ4v) is 5.65. The zero-order chi connectivity index (χ0) is 26.9. The van der Waals surface area contributed by atoms with Gasteiger partial charge in [-0.2, -0.15) is 0 Å². The molecule has 0 bridgehead atoms. The molecule has 1 saturated heterocycles. The molecular weight excluding hydrogens is 547 g/mol. The smallest absolute Gasteiger partial charge is 0.342 e. The highest BCUT2D eigenvalue weighted by atomic mass is 35.5. The van der Waals surface area contributed by atoms with E-state index >= 15 is 0 Å². The van der Waals surface area contributed by atoms with Gasteiger partial charge in [-0.05, 0) is 69.1 Å². The van der Waals surface area contributed by atoms with Crippen LogP contribution in [0.1, 0.15) is 67.7 Å². The van der Waals surface area contributed by atoms with Crippen LogP contribution in [-0.4, -0.2) is 53.5 Å². The number of nitrogens with one attached hydrogen (secondary N) is 3. The summed E-state index contributed by atoms with van der Waals surface area (Å²) in [4.78, 5) is 32.4. The van der Waals surface area contributed by atoms with Crippen molar-refractivity contribution in [2.24, 2.45) is 0 Å². The molecule has 0 unspecified atom stereocenters. The second kappa shape index (κ2) is 13.2. The average Bonchev–Trinajstić information content (AvgIpc) is 3.25. The molecule has 0 spiro atoms. The number of halogens is 2.